The quantitative estimate of drug-likeness (QED) is 0.174. The van der Waals surface area contributed by atoms with E-state index in [1.807, 2.05) is 103 Å². The molecule has 3 aromatic heterocycles. The lowest BCUT2D eigenvalue weighted by Crippen LogP contribution is -2.00. The zero-order valence-electron chi connectivity index (χ0n) is 28.4. The predicted octanol–water partition coefficient (Wildman–Crippen LogP) is 11.7. The standard InChI is InChI=1S/C47H29N5O/c1-4-14-31(15-5-1)39-29-40(32-16-6-2-7-17-32)49-47(48-39)37-21-12-22-42-43(37)38-28-36(25-26-41(38)53-42)46-51-44(33-18-8-3-9-19-33)50-45(52-46)35-24-23-30-13-10-11-20-34(30)27-35/h1-29H. The van der Waals surface area contributed by atoms with Crippen molar-refractivity contribution in [2.24, 2.45) is 0 Å². The lowest BCUT2D eigenvalue weighted by molar-refractivity contribution is 0.669. The van der Waals surface area contributed by atoms with Gasteiger partial charge in [0.2, 0.25) is 0 Å². The van der Waals surface area contributed by atoms with Crippen molar-refractivity contribution >= 4 is 32.7 Å². The van der Waals surface area contributed by atoms with Crippen LogP contribution in [-0.2, 0) is 0 Å². The first-order chi connectivity index (χ1) is 26.2. The second kappa shape index (κ2) is 12.8. The highest BCUT2D eigenvalue weighted by Gasteiger charge is 2.19. The molecule has 6 nitrogen and oxygen atoms in total. The van der Waals surface area contributed by atoms with E-state index in [2.05, 4.69) is 72.8 Å². The van der Waals surface area contributed by atoms with Gasteiger partial charge in [0.05, 0.1) is 11.4 Å². The van der Waals surface area contributed by atoms with E-state index >= 15 is 0 Å². The van der Waals surface area contributed by atoms with Crippen molar-refractivity contribution in [1.82, 2.24) is 24.9 Å². The molecule has 248 valence electrons. The fraction of sp³-hybridized carbons (Fsp3) is 0. The number of fused-ring (bicyclic) bond motifs is 4. The molecule has 0 amide bonds. The van der Waals surface area contributed by atoms with Crippen molar-refractivity contribution in [3.8, 4) is 68.1 Å². The number of hydrogen-bond donors (Lipinski definition) is 0. The van der Waals surface area contributed by atoms with Gasteiger partial charge in [-0.1, -0.05) is 140 Å². The number of rotatable bonds is 6. The molecule has 3 heterocycles. The molecule has 0 aliphatic rings. The minimum absolute atomic E-state index is 0.574. The molecule has 0 fully saturated rings. The average Bonchev–Trinajstić information content (AvgIpc) is 3.62. The maximum Gasteiger partial charge on any atom is 0.164 e. The topological polar surface area (TPSA) is 77.6 Å². The maximum absolute atomic E-state index is 6.45. The minimum Gasteiger partial charge on any atom is -0.456 e. The molecule has 10 aromatic rings. The van der Waals surface area contributed by atoms with Crippen LogP contribution in [-0.4, -0.2) is 24.9 Å². The van der Waals surface area contributed by atoms with Crippen LogP contribution in [0.4, 0.5) is 0 Å². The molecule has 10 rings (SSSR count). The summed E-state index contributed by atoms with van der Waals surface area (Å²) in [5.41, 5.74) is 8.81. The summed E-state index contributed by atoms with van der Waals surface area (Å²) in [6.07, 6.45) is 0. The van der Waals surface area contributed by atoms with Crippen LogP contribution in [0.5, 0.6) is 0 Å². The van der Waals surface area contributed by atoms with Gasteiger partial charge in [-0.15, -0.1) is 0 Å². The van der Waals surface area contributed by atoms with Crippen LogP contribution in [0.2, 0.25) is 0 Å². The molecule has 0 unspecified atom stereocenters. The summed E-state index contributed by atoms with van der Waals surface area (Å²) >= 11 is 0. The smallest absolute Gasteiger partial charge is 0.164 e. The molecule has 6 heteroatoms. The Labute approximate surface area is 305 Å². The highest BCUT2D eigenvalue weighted by Crippen LogP contribution is 2.39. The second-order valence-corrected chi connectivity index (χ2v) is 12.9. The molecule has 0 saturated heterocycles. The zero-order chi connectivity index (χ0) is 35.1. The first-order valence-corrected chi connectivity index (χ1v) is 17.5. The van der Waals surface area contributed by atoms with Crippen LogP contribution >= 0.6 is 0 Å². The minimum atomic E-state index is 0.574. The van der Waals surface area contributed by atoms with Crippen LogP contribution in [0.1, 0.15) is 0 Å². The molecule has 0 spiro atoms. The van der Waals surface area contributed by atoms with Gasteiger partial charge in [0.1, 0.15) is 11.2 Å². The molecule has 0 radical (unpaired) electrons. The highest BCUT2D eigenvalue weighted by atomic mass is 16.3. The number of hydrogen-bond acceptors (Lipinski definition) is 6. The Bertz CT molecular complexity index is 2880. The zero-order valence-corrected chi connectivity index (χ0v) is 28.4. The molecule has 7 aromatic carbocycles. The van der Waals surface area contributed by atoms with Crippen molar-refractivity contribution in [3.05, 3.63) is 176 Å². The number of aromatic nitrogens is 5. The third-order valence-electron chi connectivity index (χ3n) is 9.53. The lowest BCUT2D eigenvalue weighted by Gasteiger charge is -2.10. The van der Waals surface area contributed by atoms with Gasteiger partial charge in [-0.05, 0) is 47.2 Å². The van der Waals surface area contributed by atoms with E-state index in [1.165, 1.54) is 0 Å². The van der Waals surface area contributed by atoms with Gasteiger partial charge in [0, 0.05) is 44.2 Å². The fourth-order valence-electron chi connectivity index (χ4n) is 6.91. The Balaban J connectivity index is 1.16. The molecule has 0 aliphatic carbocycles. The Kier molecular flexibility index (Phi) is 7.36. The van der Waals surface area contributed by atoms with Crippen molar-refractivity contribution in [2.45, 2.75) is 0 Å². The molecule has 0 aliphatic heterocycles. The van der Waals surface area contributed by atoms with Crippen LogP contribution < -0.4 is 0 Å². The van der Waals surface area contributed by atoms with Crippen molar-refractivity contribution in [2.75, 3.05) is 0 Å². The molecule has 53 heavy (non-hydrogen) atoms. The van der Waals surface area contributed by atoms with Crippen LogP contribution in [0, 0.1) is 0 Å². The predicted molar refractivity (Wildman–Crippen MR) is 213 cm³/mol. The van der Waals surface area contributed by atoms with Gasteiger partial charge in [-0.3, -0.25) is 0 Å². The fourth-order valence-corrected chi connectivity index (χ4v) is 6.91. The first-order valence-electron chi connectivity index (χ1n) is 17.5. The number of nitrogens with zero attached hydrogens (tertiary/aromatic N) is 5. The second-order valence-electron chi connectivity index (χ2n) is 12.9. The van der Waals surface area contributed by atoms with Gasteiger partial charge in [0.15, 0.2) is 23.3 Å². The molecular formula is C47H29N5O. The molecule has 0 atom stereocenters. The molecule has 0 N–H and O–H groups in total. The third kappa shape index (κ3) is 5.69. The summed E-state index contributed by atoms with van der Waals surface area (Å²) in [7, 11) is 0. The highest BCUT2D eigenvalue weighted by molar-refractivity contribution is 6.12. The summed E-state index contributed by atoms with van der Waals surface area (Å²) in [5.74, 6) is 2.41. The molecular weight excluding hydrogens is 651 g/mol. The van der Waals surface area contributed by atoms with Crippen molar-refractivity contribution < 1.29 is 4.42 Å². The summed E-state index contributed by atoms with van der Waals surface area (Å²) in [5, 5.41) is 4.15. The summed E-state index contributed by atoms with van der Waals surface area (Å²) in [6, 6.07) is 59.3. The largest absolute Gasteiger partial charge is 0.456 e. The van der Waals surface area contributed by atoms with E-state index in [9.17, 15) is 0 Å². The van der Waals surface area contributed by atoms with Gasteiger partial charge in [-0.2, -0.15) is 0 Å². The Morgan fingerprint density at radius 3 is 1.53 bits per heavy atom. The van der Waals surface area contributed by atoms with E-state index < -0.39 is 0 Å². The summed E-state index contributed by atoms with van der Waals surface area (Å²) in [6.45, 7) is 0. The normalized spacial score (nSPS) is 11.4. The van der Waals surface area contributed by atoms with E-state index in [4.69, 9.17) is 29.3 Å². The van der Waals surface area contributed by atoms with Crippen LogP contribution in [0.25, 0.3) is 101 Å². The first kappa shape index (κ1) is 30.5. The summed E-state index contributed by atoms with van der Waals surface area (Å²) in [4.78, 5) is 25.4. The van der Waals surface area contributed by atoms with E-state index in [0.29, 0.717) is 23.3 Å². The van der Waals surface area contributed by atoms with Crippen molar-refractivity contribution in [1.29, 1.82) is 0 Å². The van der Waals surface area contributed by atoms with Gasteiger partial charge < -0.3 is 4.42 Å². The SMILES string of the molecule is c1ccc(-c2cc(-c3ccccc3)nc(-c3cccc4oc5ccc(-c6nc(-c7ccccc7)nc(-c7ccc8ccccc8c7)n6)cc5c34)n2)cc1. The number of furan rings is 1. The van der Waals surface area contributed by atoms with E-state index in [-0.39, 0.29) is 0 Å². The Hall–Kier alpha value is -7.31. The van der Waals surface area contributed by atoms with Crippen LogP contribution in [0.15, 0.2) is 180 Å². The van der Waals surface area contributed by atoms with Crippen LogP contribution in [0.3, 0.4) is 0 Å². The van der Waals surface area contributed by atoms with E-state index in [1.54, 1.807) is 0 Å². The van der Waals surface area contributed by atoms with Gasteiger partial charge >= 0.3 is 0 Å². The van der Waals surface area contributed by atoms with E-state index in [0.717, 1.165) is 77.5 Å². The summed E-state index contributed by atoms with van der Waals surface area (Å²) < 4.78 is 6.45. The monoisotopic (exact) mass is 679 g/mol. The average molecular weight is 680 g/mol. The number of benzene rings is 7. The Morgan fingerprint density at radius 1 is 0.321 bits per heavy atom. The maximum atomic E-state index is 6.45. The van der Waals surface area contributed by atoms with Gasteiger partial charge in [0.25, 0.3) is 0 Å². The third-order valence-corrected chi connectivity index (χ3v) is 9.53. The molecule has 0 saturated carbocycles. The van der Waals surface area contributed by atoms with Gasteiger partial charge in [-0.25, -0.2) is 24.9 Å². The molecule has 0 bridgehead atoms. The van der Waals surface area contributed by atoms with Crippen molar-refractivity contribution in [3.63, 3.8) is 0 Å². The Morgan fingerprint density at radius 2 is 0.868 bits per heavy atom. The lowest BCUT2D eigenvalue weighted by atomic mass is 10.0.